The molecule has 0 radical (unpaired) electrons. The number of hydrogen-bond acceptors (Lipinski definition) is 3. The first-order chi connectivity index (χ1) is 12.2. The summed E-state index contributed by atoms with van der Waals surface area (Å²) in [6.45, 7) is 2.44. The van der Waals surface area contributed by atoms with E-state index >= 15 is 0 Å². The first kappa shape index (κ1) is 18.1. The Kier molecular flexibility index (Phi) is 6.19. The maximum atomic E-state index is 12.2. The topological polar surface area (TPSA) is 49.9 Å². The van der Waals surface area contributed by atoms with Gasteiger partial charge >= 0.3 is 6.09 Å². The quantitative estimate of drug-likeness (QED) is 0.728. The van der Waals surface area contributed by atoms with Crippen molar-refractivity contribution in [1.82, 2.24) is 9.80 Å². The third kappa shape index (κ3) is 5.11. The van der Waals surface area contributed by atoms with Gasteiger partial charge in [0, 0.05) is 25.7 Å². The predicted octanol–water partition coefficient (Wildman–Crippen LogP) is 3.27. The molecule has 2 aliphatic rings. The van der Waals surface area contributed by atoms with Gasteiger partial charge in [0.15, 0.2) is 0 Å². The van der Waals surface area contributed by atoms with Crippen LogP contribution in [0, 0.1) is 5.92 Å². The lowest BCUT2D eigenvalue weighted by molar-refractivity contribution is -0.130. The van der Waals surface area contributed by atoms with Gasteiger partial charge in [-0.2, -0.15) is 0 Å². The minimum atomic E-state index is -0.252. The Balaban J connectivity index is 1.42. The molecular formula is C19H25ClN2O3. The third-order valence-electron chi connectivity index (χ3n) is 4.96. The zero-order valence-corrected chi connectivity index (χ0v) is 15.2. The lowest BCUT2D eigenvalue weighted by Crippen LogP contribution is -2.44. The molecule has 0 atom stereocenters. The van der Waals surface area contributed by atoms with Crippen LogP contribution in [-0.4, -0.2) is 53.4 Å². The van der Waals surface area contributed by atoms with Crippen LogP contribution in [0.25, 0.3) is 0 Å². The van der Waals surface area contributed by atoms with Gasteiger partial charge in [-0.25, -0.2) is 4.79 Å². The highest BCUT2D eigenvalue weighted by Gasteiger charge is 2.34. The minimum absolute atomic E-state index is 0.0360. The van der Waals surface area contributed by atoms with Crippen molar-refractivity contribution in [3.63, 3.8) is 0 Å². The summed E-state index contributed by atoms with van der Waals surface area (Å²) in [5, 5.41) is 0. The van der Waals surface area contributed by atoms with E-state index in [2.05, 4.69) is 0 Å². The number of ether oxygens (including phenoxy) is 1. The Bertz CT molecular complexity index is 584. The van der Waals surface area contributed by atoms with Crippen LogP contribution in [0.5, 0.6) is 0 Å². The summed E-state index contributed by atoms with van der Waals surface area (Å²) in [5.74, 6) is 0.529. The summed E-state index contributed by atoms with van der Waals surface area (Å²) in [6, 6.07) is 10.1. The number of carbonyl (C=O) groups is 2. The molecule has 6 heteroatoms. The zero-order valence-electron chi connectivity index (χ0n) is 14.4. The van der Waals surface area contributed by atoms with Gasteiger partial charge in [-0.15, -0.1) is 11.6 Å². The van der Waals surface area contributed by atoms with Crippen molar-refractivity contribution in [2.75, 3.05) is 25.5 Å². The maximum Gasteiger partial charge on any atom is 0.410 e. The molecule has 1 aliphatic heterocycles. The van der Waals surface area contributed by atoms with E-state index in [0.29, 0.717) is 31.7 Å². The molecule has 3 rings (SSSR count). The number of rotatable bonds is 6. The fraction of sp³-hybridized carbons (Fsp3) is 0.579. The van der Waals surface area contributed by atoms with Gasteiger partial charge in [-0.3, -0.25) is 4.79 Å². The Morgan fingerprint density at radius 1 is 1.12 bits per heavy atom. The second kappa shape index (κ2) is 8.56. The van der Waals surface area contributed by atoms with E-state index in [9.17, 15) is 9.59 Å². The first-order valence-electron chi connectivity index (χ1n) is 8.98. The molecule has 0 spiro atoms. The van der Waals surface area contributed by atoms with Crippen molar-refractivity contribution >= 4 is 23.6 Å². The van der Waals surface area contributed by atoms with Gasteiger partial charge in [0.1, 0.15) is 12.5 Å². The number of likely N-dealkylation sites (tertiary alicyclic amines) is 1. The van der Waals surface area contributed by atoms with E-state index in [4.69, 9.17) is 16.3 Å². The van der Waals surface area contributed by atoms with E-state index < -0.39 is 0 Å². The molecule has 1 aromatic rings. The summed E-state index contributed by atoms with van der Waals surface area (Å²) in [5.41, 5.74) is 0.991. The molecule has 1 heterocycles. The number of carbonyl (C=O) groups excluding carboxylic acids is 2. The fourth-order valence-electron chi connectivity index (χ4n) is 3.30. The van der Waals surface area contributed by atoms with Gasteiger partial charge in [-0.05, 0) is 37.2 Å². The molecule has 1 aliphatic carbocycles. The SMILES string of the molecule is O=C(OCc1ccccc1)N1CCC(CN(C(=O)CCl)C2CC2)CC1. The van der Waals surface area contributed by atoms with Crippen LogP contribution >= 0.6 is 11.6 Å². The van der Waals surface area contributed by atoms with Gasteiger partial charge in [0.05, 0.1) is 0 Å². The monoisotopic (exact) mass is 364 g/mol. The van der Waals surface area contributed by atoms with Crippen molar-refractivity contribution in [2.45, 2.75) is 38.3 Å². The van der Waals surface area contributed by atoms with Crippen molar-refractivity contribution in [3.8, 4) is 0 Å². The Hall–Kier alpha value is -1.75. The van der Waals surface area contributed by atoms with Gasteiger partial charge < -0.3 is 14.5 Å². The maximum absolute atomic E-state index is 12.2. The molecule has 2 amide bonds. The van der Waals surface area contributed by atoms with Crippen LogP contribution in [0.1, 0.15) is 31.2 Å². The molecule has 25 heavy (non-hydrogen) atoms. The van der Waals surface area contributed by atoms with Crippen LogP contribution in [-0.2, 0) is 16.1 Å². The molecular weight excluding hydrogens is 340 g/mol. The van der Waals surface area contributed by atoms with Crippen molar-refractivity contribution in [1.29, 1.82) is 0 Å². The van der Waals surface area contributed by atoms with Crippen LogP contribution < -0.4 is 0 Å². The van der Waals surface area contributed by atoms with Crippen molar-refractivity contribution < 1.29 is 14.3 Å². The Morgan fingerprint density at radius 2 is 1.80 bits per heavy atom. The standard InChI is InChI=1S/C19H25ClN2O3/c20-12-18(23)22(17-6-7-17)13-15-8-10-21(11-9-15)19(24)25-14-16-4-2-1-3-5-16/h1-5,15,17H,6-14H2. The number of hydrogen-bond donors (Lipinski definition) is 0. The highest BCUT2D eigenvalue weighted by Crippen LogP contribution is 2.30. The molecule has 1 saturated carbocycles. The number of amides is 2. The van der Waals surface area contributed by atoms with Gasteiger partial charge in [0.2, 0.25) is 5.91 Å². The molecule has 136 valence electrons. The lowest BCUT2D eigenvalue weighted by atomic mass is 9.96. The summed E-state index contributed by atoms with van der Waals surface area (Å²) >= 11 is 5.73. The molecule has 1 aromatic carbocycles. The largest absolute Gasteiger partial charge is 0.445 e. The van der Waals surface area contributed by atoms with E-state index in [1.54, 1.807) is 4.90 Å². The molecule has 0 bridgehead atoms. The Labute approximate surface area is 153 Å². The first-order valence-corrected chi connectivity index (χ1v) is 9.52. The van der Waals surface area contributed by atoms with Crippen LogP contribution in [0.4, 0.5) is 4.79 Å². The van der Waals surface area contributed by atoms with Gasteiger partial charge in [0.25, 0.3) is 0 Å². The fourth-order valence-corrected chi connectivity index (χ4v) is 3.46. The highest BCUT2D eigenvalue weighted by molar-refractivity contribution is 6.27. The third-order valence-corrected chi connectivity index (χ3v) is 5.18. The molecule has 0 N–H and O–H groups in total. The normalized spacial score (nSPS) is 18.0. The molecule has 5 nitrogen and oxygen atoms in total. The average Bonchev–Trinajstić information content (AvgIpc) is 3.50. The second-order valence-corrected chi connectivity index (χ2v) is 7.15. The number of piperidine rings is 1. The Morgan fingerprint density at radius 3 is 2.40 bits per heavy atom. The number of halogens is 1. The molecule has 2 fully saturated rings. The summed E-state index contributed by atoms with van der Waals surface area (Å²) in [4.78, 5) is 27.9. The predicted molar refractivity (Wildman–Crippen MR) is 96.4 cm³/mol. The van der Waals surface area contributed by atoms with Gasteiger partial charge in [-0.1, -0.05) is 30.3 Å². The number of nitrogens with zero attached hydrogens (tertiary/aromatic N) is 2. The molecule has 0 aromatic heterocycles. The number of benzene rings is 1. The van der Waals surface area contributed by atoms with Crippen LogP contribution in [0.2, 0.25) is 0 Å². The van der Waals surface area contributed by atoms with Crippen molar-refractivity contribution in [3.05, 3.63) is 35.9 Å². The van der Waals surface area contributed by atoms with E-state index in [-0.39, 0.29) is 17.9 Å². The van der Waals surface area contributed by atoms with E-state index in [1.807, 2.05) is 35.2 Å². The molecule has 1 saturated heterocycles. The smallest absolute Gasteiger partial charge is 0.410 e. The second-order valence-electron chi connectivity index (χ2n) is 6.88. The summed E-state index contributed by atoms with van der Waals surface area (Å²) < 4.78 is 5.39. The highest BCUT2D eigenvalue weighted by atomic mass is 35.5. The van der Waals surface area contributed by atoms with E-state index in [1.165, 1.54) is 0 Å². The zero-order chi connectivity index (χ0) is 17.6. The molecule has 0 unspecified atom stereocenters. The van der Waals surface area contributed by atoms with Crippen molar-refractivity contribution in [2.24, 2.45) is 5.92 Å². The number of alkyl halides is 1. The average molecular weight is 365 g/mol. The van der Waals surface area contributed by atoms with Crippen LogP contribution in [0.3, 0.4) is 0 Å². The van der Waals surface area contributed by atoms with Crippen LogP contribution in [0.15, 0.2) is 30.3 Å². The summed E-state index contributed by atoms with van der Waals surface area (Å²) in [7, 11) is 0. The minimum Gasteiger partial charge on any atom is -0.445 e. The lowest BCUT2D eigenvalue weighted by Gasteiger charge is -2.34. The summed E-state index contributed by atoms with van der Waals surface area (Å²) in [6.07, 6.45) is 3.73. The van der Waals surface area contributed by atoms with E-state index in [0.717, 1.165) is 37.8 Å².